The van der Waals surface area contributed by atoms with Crippen molar-refractivity contribution in [2.75, 3.05) is 12.4 Å². The largest absolute Gasteiger partial charge is 0.494 e. The van der Waals surface area contributed by atoms with Crippen LogP contribution in [0.4, 0.5) is 4.39 Å². The lowest BCUT2D eigenvalue weighted by molar-refractivity contribution is -0.128. The Labute approximate surface area is 139 Å². The number of rotatable bonds is 5. The van der Waals surface area contributed by atoms with Gasteiger partial charge < -0.3 is 9.64 Å². The van der Waals surface area contributed by atoms with Gasteiger partial charge in [0.1, 0.15) is 16.9 Å². The van der Waals surface area contributed by atoms with E-state index in [0.717, 1.165) is 11.3 Å². The van der Waals surface area contributed by atoms with Gasteiger partial charge in [-0.3, -0.25) is 4.79 Å². The third-order valence-electron chi connectivity index (χ3n) is 3.74. The van der Waals surface area contributed by atoms with Crippen molar-refractivity contribution in [3.63, 3.8) is 0 Å². The normalized spacial score (nSPS) is 17.6. The van der Waals surface area contributed by atoms with E-state index >= 15 is 0 Å². The van der Waals surface area contributed by atoms with E-state index in [1.165, 1.54) is 6.07 Å². The van der Waals surface area contributed by atoms with E-state index in [2.05, 4.69) is 0 Å². The van der Waals surface area contributed by atoms with Crippen molar-refractivity contribution in [3.8, 4) is 5.75 Å². The number of ether oxygens (including phenoxy) is 1. The number of halogens is 1. The topological polar surface area (TPSA) is 29.5 Å². The molecule has 1 amide bonds. The first kappa shape index (κ1) is 15.9. The highest BCUT2D eigenvalue weighted by Crippen LogP contribution is 2.40. The average molecular weight is 331 g/mol. The number of amides is 1. The maximum atomic E-state index is 13.9. The lowest BCUT2D eigenvalue weighted by atomic mass is 10.1. The first-order valence-corrected chi connectivity index (χ1v) is 8.61. The number of hydrogen-bond acceptors (Lipinski definition) is 3. The van der Waals surface area contributed by atoms with Crippen LogP contribution >= 0.6 is 11.8 Å². The van der Waals surface area contributed by atoms with Gasteiger partial charge in [-0.15, -0.1) is 11.8 Å². The zero-order chi connectivity index (χ0) is 16.2. The summed E-state index contributed by atoms with van der Waals surface area (Å²) in [4.78, 5) is 13.9. The highest BCUT2D eigenvalue weighted by Gasteiger charge is 2.33. The molecule has 1 atom stereocenters. The lowest BCUT2D eigenvalue weighted by Crippen LogP contribution is -2.28. The molecule has 0 spiro atoms. The van der Waals surface area contributed by atoms with E-state index in [1.807, 2.05) is 31.2 Å². The molecule has 5 heteroatoms. The van der Waals surface area contributed by atoms with Gasteiger partial charge in [-0.1, -0.05) is 30.3 Å². The highest BCUT2D eigenvalue weighted by molar-refractivity contribution is 8.00. The minimum Gasteiger partial charge on any atom is -0.494 e. The molecule has 0 aliphatic carbocycles. The number of carbonyl (C=O) groups excluding carboxylic acids is 1. The van der Waals surface area contributed by atoms with E-state index in [9.17, 15) is 9.18 Å². The molecule has 0 aromatic heterocycles. The summed E-state index contributed by atoms with van der Waals surface area (Å²) >= 11 is 1.57. The summed E-state index contributed by atoms with van der Waals surface area (Å²) < 4.78 is 19.3. The second-order valence-corrected chi connectivity index (χ2v) is 6.35. The Hall–Kier alpha value is -2.01. The summed E-state index contributed by atoms with van der Waals surface area (Å²) in [6, 6.07) is 14.3. The summed E-state index contributed by atoms with van der Waals surface area (Å²) in [6.45, 7) is 2.85. The van der Waals surface area contributed by atoms with Crippen LogP contribution in [0.1, 0.15) is 23.4 Å². The minimum absolute atomic E-state index is 0.0390. The molecular weight excluding hydrogens is 313 g/mol. The third-order valence-corrected chi connectivity index (χ3v) is 5.00. The van der Waals surface area contributed by atoms with Crippen LogP contribution in [0.25, 0.3) is 0 Å². The standard InChI is InChI=1S/C18H18FNO2S/c1-2-22-15-9-7-13(8-10-15)18-20(17(21)12-23-18)11-14-5-3-4-6-16(14)19/h3-10,18H,2,11-12H2,1H3. The molecule has 2 aromatic rings. The number of nitrogens with zero attached hydrogens (tertiary/aromatic N) is 1. The zero-order valence-electron chi connectivity index (χ0n) is 12.9. The molecule has 2 aromatic carbocycles. The smallest absolute Gasteiger partial charge is 0.234 e. The molecule has 0 N–H and O–H groups in total. The monoisotopic (exact) mass is 331 g/mol. The quantitative estimate of drug-likeness (QED) is 0.829. The van der Waals surface area contributed by atoms with Crippen molar-refractivity contribution >= 4 is 17.7 Å². The minimum atomic E-state index is -0.275. The van der Waals surface area contributed by atoms with Crippen LogP contribution < -0.4 is 4.74 Å². The predicted octanol–water partition coefficient (Wildman–Crippen LogP) is 4.00. The van der Waals surface area contributed by atoms with Crippen LogP contribution in [0.5, 0.6) is 5.75 Å². The van der Waals surface area contributed by atoms with Gasteiger partial charge in [0.05, 0.1) is 12.4 Å². The van der Waals surface area contributed by atoms with Gasteiger partial charge in [0.25, 0.3) is 0 Å². The van der Waals surface area contributed by atoms with Crippen LogP contribution in [-0.2, 0) is 11.3 Å². The highest BCUT2D eigenvalue weighted by atomic mass is 32.2. The summed E-state index contributed by atoms with van der Waals surface area (Å²) in [7, 11) is 0. The van der Waals surface area contributed by atoms with E-state index in [-0.39, 0.29) is 23.6 Å². The Morgan fingerprint density at radius 1 is 1.22 bits per heavy atom. The summed E-state index contributed by atoms with van der Waals surface area (Å²) in [5.74, 6) is 0.998. The van der Waals surface area contributed by atoms with Gasteiger partial charge in [0.2, 0.25) is 5.91 Å². The Balaban J connectivity index is 1.80. The van der Waals surface area contributed by atoms with Crippen LogP contribution in [0.15, 0.2) is 48.5 Å². The van der Waals surface area contributed by atoms with Crippen molar-refractivity contribution in [1.82, 2.24) is 4.90 Å². The fraction of sp³-hybridized carbons (Fsp3) is 0.278. The Morgan fingerprint density at radius 2 is 1.96 bits per heavy atom. The molecule has 1 fully saturated rings. The van der Waals surface area contributed by atoms with Crippen LogP contribution in [-0.4, -0.2) is 23.2 Å². The SMILES string of the molecule is CCOc1ccc(C2SCC(=O)N2Cc2ccccc2F)cc1. The van der Waals surface area contributed by atoms with Crippen molar-refractivity contribution in [3.05, 3.63) is 65.5 Å². The van der Waals surface area contributed by atoms with E-state index in [0.29, 0.717) is 17.9 Å². The second kappa shape index (κ2) is 7.04. The molecule has 23 heavy (non-hydrogen) atoms. The molecule has 1 heterocycles. The number of thioether (sulfide) groups is 1. The molecule has 1 aliphatic heterocycles. The lowest BCUT2D eigenvalue weighted by Gasteiger charge is -2.24. The van der Waals surface area contributed by atoms with E-state index in [1.54, 1.807) is 34.9 Å². The molecule has 0 bridgehead atoms. The molecule has 120 valence electrons. The molecule has 0 radical (unpaired) electrons. The van der Waals surface area contributed by atoms with Crippen molar-refractivity contribution in [2.24, 2.45) is 0 Å². The van der Waals surface area contributed by atoms with Gasteiger partial charge in [-0.25, -0.2) is 4.39 Å². The Morgan fingerprint density at radius 3 is 2.65 bits per heavy atom. The van der Waals surface area contributed by atoms with Crippen molar-refractivity contribution < 1.29 is 13.9 Å². The van der Waals surface area contributed by atoms with Gasteiger partial charge in [-0.2, -0.15) is 0 Å². The third kappa shape index (κ3) is 3.50. The molecular formula is C18H18FNO2S. The summed E-state index contributed by atoms with van der Waals surface area (Å²) in [5.41, 5.74) is 1.57. The zero-order valence-corrected chi connectivity index (χ0v) is 13.7. The van der Waals surface area contributed by atoms with Gasteiger partial charge in [-0.05, 0) is 30.7 Å². The van der Waals surface area contributed by atoms with E-state index in [4.69, 9.17) is 4.74 Å². The summed E-state index contributed by atoms with van der Waals surface area (Å²) in [5, 5.41) is -0.0854. The van der Waals surface area contributed by atoms with Gasteiger partial charge in [0, 0.05) is 12.1 Å². The number of carbonyl (C=O) groups is 1. The van der Waals surface area contributed by atoms with Crippen LogP contribution in [0, 0.1) is 5.82 Å². The first-order valence-electron chi connectivity index (χ1n) is 7.56. The molecule has 3 rings (SSSR count). The molecule has 1 saturated heterocycles. The average Bonchev–Trinajstić information content (AvgIpc) is 2.92. The van der Waals surface area contributed by atoms with Crippen LogP contribution in [0.3, 0.4) is 0 Å². The fourth-order valence-electron chi connectivity index (χ4n) is 2.61. The number of benzene rings is 2. The first-order chi connectivity index (χ1) is 11.2. The maximum Gasteiger partial charge on any atom is 0.234 e. The van der Waals surface area contributed by atoms with Gasteiger partial charge >= 0.3 is 0 Å². The molecule has 1 unspecified atom stereocenters. The van der Waals surface area contributed by atoms with Crippen molar-refractivity contribution in [1.29, 1.82) is 0 Å². The predicted molar refractivity (Wildman–Crippen MR) is 89.8 cm³/mol. The maximum absolute atomic E-state index is 13.9. The van der Waals surface area contributed by atoms with Gasteiger partial charge in [0.15, 0.2) is 0 Å². The molecule has 1 aliphatic rings. The molecule has 3 nitrogen and oxygen atoms in total. The second-order valence-electron chi connectivity index (χ2n) is 5.28. The van der Waals surface area contributed by atoms with E-state index < -0.39 is 0 Å². The number of hydrogen-bond donors (Lipinski definition) is 0. The molecule has 0 saturated carbocycles. The fourth-order valence-corrected chi connectivity index (χ4v) is 3.79. The summed E-state index contributed by atoms with van der Waals surface area (Å²) in [6.07, 6.45) is 0. The van der Waals surface area contributed by atoms with Crippen LogP contribution in [0.2, 0.25) is 0 Å². The Bertz CT molecular complexity index is 690. The Kier molecular flexibility index (Phi) is 4.86. The van der Waals surface area contributed by atoms with Crippen molar-refractivity contribution in [2.45, 2.75) is 18.8 Å².